The topological polar surface area (TPSA) is 48.5 Å². The van der Waals surface area contributed by atoms with Crippen molar-refractivity contribution >= 4 is 32.7 Å². The second kappa shape index (κ2) is 12.3. The van der Waals surface area contributed by atoms with Crippen molar-refractivity contribution in [3.05, 3.63) is 188 Å². The predicted molar refractivity (Wildman–Crippen MR) is 213 cm³/mol. The van der Waals surface area contributed by atoms with Crippen molar-refractivity contribution in [1.29, 1.82) is 0 Å². The smallest absolute Gasteiger partial charge is 0.164 e. The maximum atomic E-state index is 5.05. The van der Waals surface area contributed by atoms with Gasteiger partial charge in [0.05, 0.1) is 16.6 Å². The minimum atomic E-state index is 0.625. The monoisotopic (exact) mass is 665 g/mol. The average Bonchev–Trinajstić information content (AvgIpc) is 3.79. The molecule has 0 saturated carbocycles. The third-order valence-electron chi connectivity index (χ3n) is 9.78. The molecule has 0 amide bonds. The van der Waals surface area contributed by atoms with E-state index >= 15 is 0 Å². The number of hydrogen-bond donors (Lipinski definition) is 0. The molecule has 0 radical (unpaired) electrons. The molecule has 7 aromatic carbocycles. The Bertz CT molecular complexity index is 2820. The van der Waals surface area contributed by atoms with Gasteiger partial charge < -0.3 is 9.13 Å². The lowest BCUT2D eigenvalue weighted by atomic mass is 10.0. The fourth-order valence-electron chi connectivity index (χ4n) is 7.39. The highest BCUT2D eigenvalue weighted by molar-refractivity contribution is 6.20. The first-order valence-corrected chi connectivity index (χ1v) is 17.5. The standard InChI is InChI=1S/C47H31N5/c1-5-16-32(17-6-1)41-31-51(36-23-11-4-12-24-36)43-40(41)29-28-39-38-26-13-14-27-42(38)52(44(39)43)37-25-15-22-35(30-37)47-49-45(33-18-7-2-8-19-33)48-46(50-47)34-20-9-3-10-21-34/h1-31H. The summed E-state index contributed by atoms with van der Waals surface area (Å²) in [5, 5.41) is 3.59. The molecule has 0 atom stereocenters. The third kappa shape index (κ3) is 4.98. The summed E-state index contributed by atoms with van der Waals surface area (Å²) in [7, 11) is 0. The van der Waals surface area contributed by atoms with Crippen molar-refractivity contribution in [2.24, 2.45) is 0 Å². The first-order valence-electron chi connectivity index (χ1n) is 17.5. The van der Waals surface area contributed by atoms with Gasteiger partial charge in [-0.05, 0) is 35.9 Å². The molecule has 3 heterocycles. The maximum absolute atomic E-state index is 5.05. The highest BCUT2D eigenvalue weighted by atomic mass is 15.1. The van der Waals surface area contributed by atoms with Crippen LogP contribution in [-0.2, 0) is 0 Å². The van der Waals surface area contributed by atoms with Crippen LogP contribution >= 0.6 is 0 Å². The lowest BCUT2D eigenvalue weighted by Crippen LogP contribution is -2.01. The molecule has 0 N–H and O–H groups in total. The molecule has 3 aromatic heterocycles. The molecule has 10 rings (SSSR count). The molecular formula is C47H31N5. The quantitative estimate of drug-likeness (QED) is 0.178. The van der Waals surface area contributed by atoms with Gasteiger partial charge in [-0.25, -0.2) is 15.0 Å². The van der Waals surface area contributed by atoms with Crippen LogP contribution < -0.4 is 0 Å². The number of fused-ring (bicyclic) bond motifs is 5. The minimum absolute atomic E-state index is 0.625. The summed E-state index contributed by atoms with van der Waals surface area (Å²) in [5.74, 6) is 1.91. The summed E-state index contributed by atoms with van der Waals surface area (Å²) in [4.78, 5) is 15.0. The van der Waals surface area contributed by atoms with E-state index in [-0.39, 0.29) is 0 Å². The zero-order valence-electron chi connectivity index (χ0n) is 28.1. The summed E-state index contributed by atoms with van der Waals surface area (Å²) in [5.41, 5.74) is 10.8. The SMILES string of the molecule is c1ccc(-c2nc(-c3ccccc3)nc(-c3cccc(-n4c5ccccc5c5ccc6c(-c7ccccc7)cn(-c7ccccc7)c6c54)c3)n2)cc1. The fourth-order valence-corrected chi connectivity index (χ4v) is 7.39. The number of para-hydroxylation sites is 2. The number of rotatable bonds is 6. The van der Waals surface area contributed by atoms with Gasteiger partial charge >= 0.3 is 0 Å². The number of hydrogen-bond acceptors (Lipinski definition) is 3. The molecular weight excluding hydrogens is 635 g/mol. The Labute approximate surface area is 300 Å². The Kier molecular flexibility index (Phi) is 7.07. The molecule has 0 aliphatic carbocycles. The maximum Gasteiger partial charge on any atom is 0.164 e. The number of aromatic nitrogens is 5. The second-order valence-corrected chi connectivity index (χ2v) is 12.9. The largest absolute Gasteiger partial charge is 0.314 e. The van der Waals surface area contributed by atoms with Gasteiger partial charge in [0.1, 0.15) is 0 Å². The third-order valence-corrected chi connectivity index (χ3v) is 9.78. The molecule has 10 aromatic rings. The lowest BCUT2D eigenvalue weighted by molar-refractivity contribution is 1.07. The predicted octanol–water partition coefficient (Wildman–Crippen LogP) is 11.6. The van der Waals surface area contributed by atoms with Crippen molar-refractivity contribution in [2.45, 2.75) is 0 Å². The molecule has 0 fully saturated rings. The Morgan fingerprint density at radius 2 is 0.846 bits per heavy atom. The highest BCUT2D eigenvalue weighted by Crippen LogP contribution is 2.42. The van der Waals surface area contributed by atoms with Crippen LogP contribution in [-0.4, -0.2) is 24.1 Å². The van der Waals surface area contributed by atoms with E-state index in [0.29, 0.717) is 17.5 Å². The summed E-state index contributed by atoms with van der Waals surface area (Å²) >= 11 is 0. The van der Waals surface area contributed by atoms with Crippen molar-refractivity contribution in [3.63, 3.8) is 0 Å². The molecule has 0 aliphatic rings. The Hall–Kier alpha value is -7.11. The van der Waals surface area contributed by atoms with Gasteiger partial charge in [-0.1, -0.05) is 152 Å². The van der Waals surface area contributed by atoms with E-state index in [0.717, 1.165) is 44.6 Å². The van der Waals surface area contributed by atoms with Gasteiger partial charge in [-0.15, -0.1) is 0 Å². The van der Waals surface area contributed by atoms with Gasteiger partial charge in [-0.3, -0.25) is 0 Å². The molecule has 244 valence electrons. The second-order valence-electron chi connectivity index (χ2n) is 12.9. The zero-order valence-corrected chi connectivity index (χ0v) is 28.1. The molecule has 0 bridgehead atoms. The van der Waals surface area contributed by atoms with Crippen LogP contribution in [0.25, 0.3) is 89.4 Å². The van der Waals surface area contributed by atoms with Gasteiger partial charge in [0.15, 0.2) is 17.5 Å². The van der Waals surface area contributed by atoms with E-state index < -0.39 is 0 Å². The van der Waals surface area contributed by atoms with Gasteiger partial charge in [-0.2, -0.15) is 0 Å². The van der Waals surface area contributed by atoms with E-state index in [1.165, 1.54) is 27.3 Å². The fraction of sp³-hybridized carbons (Fsp3) is 0. The van der Waals surface area contributed by atoms with Crippen molar-refractivity contribution in [3.8, 4) is 56.7 Å². The number of nitrogens with zero attached hydrogens (tertiary/aromatic N) is 5. The van der Waals surface area contributed by atoms with Crippen LogP contribution in [0.3, 0.4) is 0 Å². The average molecular weight is 666 g/mol. The molecule has 52 heavy (non-hydrogen) atoms. The van der Waals surface area contributed by atoms with E-state index in [2.05, 4.69) is 137 Å². The van der Waals surface area contributed by atoms with Crippen LogP contribution in [0, 0.1) is 0 Å². The summed E-state index contributed by atoms with van der Waals surface area (Å²) in [6, 6.07) is 63.3. The van der Waals surface area contributed by atoms with Crippen molar-refractivity contribution < 1.29 is 0 Å². The minimum Gasteiger partial charge on any atom is -0.314 e. The first-order chi connectivity index (χ1) is 25.8. The Morgan fingerprint density at radius 3 is 1.50 bits per heavy atom. The van der Waals surface area contributed by atoms with Gasteiger partial charge in [0.2, 0.25) is 0 Å². The van der Waals surface area contributed by atoms with Crippen molar-refractivity contribution in [1.82, 2.24) is 24.1 Å². The van der Waals surface area contributed by atoms with Crippen LogP contribution in [0.4, 0.5) is 0 Å². The van der Waals surface area contributed by atoms with Crippen LogP contribution in [0.15, 0.2) is 188 Å². The van der Waals surface area contributed by atoms with E-state index in [9.17, 15) is 0 Å². The summed E-state index contributed by atoms with van der Waals surface area (Å²) < 4.78 is 4.76. The van der Waals surface area contributed by atoms with Crippen LogP contribution in [0.1, 0.15) is 0 Å². The highest BCUT2D eigenvalue weighted by Gasteiger charge is 2.21. The number of benzene rings is 7. The molecule has 0 aliphatic heterocycles. The Balaban J connectivity index is 1.25. The van der Waals surface area contributed by atoms with E-state index in [1.54, 1.807) is 0 Å². The van der Waals surface area contributed by atoms with Gasteiger partial charge in [0, 0.05) is 56.0 Å². The zero-order chi connectivity index (χ0) is 34.4. The van der Waals surface area contributed by atoms with Crippen molar-refractivity contribution in [2.75, 3.05) is 0 Å². The van der Waals surface area contributed by atoms with Crippen LogP contribution in [0.2, 0.25) is 0 Å². The molecule has 0 spiro atoms. The molecule has 5 heteroatoms. The molecule has 5 nitrogen and oxygen atoms in total. The summed E-state index contributed by atoms with van der Waals surface area (Å²) in [6.07, 6.45) is 2.29. The van der Waals surface area contributed by atoms with E-state index in [1.807, 2.05) is 60.7 Å². The summed E-state index contributed by atoms with van der Waals surface area (Å²) in [6.45, 7) is 0. The van der Waals surface area contributed by atoms with Gasteiger partial charge in [0.25, 0.3) is 0 Å². The van der Waals surface area contributed by atoms with E-state index in [4.69, 9.17) is 15.0 Å². The Morgan fingerprint density at radius 1 is 0.346 bits per heavy atom. The lowest BCUT2D eigenvalue weighted by Gasteiger charge is -2.13. The normalized spacial score (nSPS) is 11.5. The molecule has 0 saturated heterocycles. The molecule has 0 unspecified atom stereocenters. The van der Waals surface area contributed by atoms with Crippen LogP contribution in [0.5, 0.6) is 0 Å². The first kappa shape index (κ1) is 29.8.